The van der Waals surface area contributed by atoms with Gasteiger partial charge in [-0.25, -0.2) is 0 Å². The van der Waals surface area contributed by atoms with E-state index in [9.17, 15) is 4.79 Å². The molecule has 0 aromatic carbocycles. The molecule has 0 unspecified atom stereocenters. The lowest BCUT2D eigenvalue weighted by Crippen LogP contribution is -2.12. The highest BCUT2D eigenvalue weighted by molar-refractivity contribution is 7.12. The van der Waals surface area contributed by atoms with Gasteiger partial charge >= 0.3 is 6.01 Å². The quantitative estimate of drug-likeness (QED) is 0.801. The number of anilines is 2. The summed E-state index contributed by atoms with van der Waals surface area (Å²) in [7, 11) is 0. The molecule has 78 valence electrons. The van der Waals surface area contributed by atoms with Crippen molar-refractivity contribution in [2.24, 2.45) is 0 Å². The van der Waals surface area contributed by atoms with Gasteiger partial charge in [0.05, 0.1) is 5.69 Å². The van der Waals surface area contributed by atoms with Crippen LogP contribution in [0.5, 0.6) is 0 Å². The summed E-state index contributed by atoms with van der Waals surface area (Å²) in [6.07, 6.45) is 0. The number of aromatic nitrogens is 2. The standard InChI is InChI=1S/C8H8N4O2S/c1-4-11-12-8(14-4)10-7(13)6-5(9)2-3-15-6/h2-3H,9H2,1H3,(H,10,12,13). The van der Waals surface area contributed by atoms with Crippen LogP contribution in [0.2, 0.25) is 0 Å². The third-order valence-electron chi connectivity index (χ3n) is 1.65. The monoisotopic (exact) mass is 224 g/mol. The highest BCUT2D eigenvalue weighted by Gasteiger charge is 2.13. The topological polar surface area (TPSA) is 94.0 Å². The van der Waals surface area contributed by atoms with Crippen molar-refractivity contribution >= 4 is 28.9 Å². The molecule has 0 aliphatic rings. The number of carbonyl (C=O) groups excluding carboxylic acids is 1. The van der Waals surface area contributed by atoms with Gasteiger partial charge in [0.15, 0.2) is 0 Å². The predicted octanol–water partition coefficient (Wildman–Crippen LogP) is 1.27. The van der Waals surface area contributed by atoms with Crippen molar-refractivity contribution in [1.82, 2.24) is 10.2 Å². The van der Waals surface area contributed by atoms with Crippen molar-refractivity contribution in [3.8, 4) is 0 Å². The molecule has 0 atom stereocenters. The van der Waals surface area contributed by atoms with E-state index in [2.05, 4.69) is 15.5 Å². The second-order valence-corrected chi connectivity index (χ2v) is 3.70. The molecule has 0 spiro atoms. The minimum absolute atomic E-state index is 0.0744. The maximum atomic E-state index is 11.6. The van der Waals surface area contributed by atoms with Crippen LogP contribution in [0.4, 0.5) is 11.7 Å². The van der Waals surface area contributed by atoms with Crippen LogP contribution in [0, 0.1) is 6.92 Å². The number of nitrogens with zero attached hydrogens (tertiary/aromatic N) is 2. The van der Waals surface area contributed by atoms with Gasteiger partial charge in [-0.15, -0.1) is 16.4 Å². The molecule has 0 bridgehead atoms. The zero-order chi connectivity index (χ0) is 10.8. The Hall–Kier alpha value is -1.89. The number of carbonyl (C=O) groups is 1. The number of rotatable bonds is 2. The summed E-state index contributed by atoms with van der Waals surface area (Å²) in [5.74, 6) is 0.0515. The first kappa shape index (κ1) is 9.66. The average molecular weight is 224 g/mol. The van der Waals surface area contributed by atoms with Crippen molar-refractivity contribution in [2.45, 2.75) is 6.92 Å². The van der Waals surface area contributed by atoms with Crippen LogP contribution < -0.4 is 11.1 Å². The van der Waals surface area contributed by atoms with Crippen molar-refractivity contribution < 1.29 is 9.21 Å². The maximum absolute atomic E-state index is 11.6. The highest BCUT2D eigenvalue weighted by Crippen LogP contribution is 2.19. The predicted molar refractivity (Wildman–Crippen MR) is 55.7 cm³/mol. The average Bonchev–Trinajstić information content (AvgIpc) is 2.75. The smallest absolute Gasteiger partial charge is 0.322 e. The molecule has 2 heterocycles. The summed E-state index contributed by atoms with van der Waals surface area (Å²) in [5, 5.41) is 11.4. The molecule has 0 saturated heterocycles. The lowest BCUT2D eigenvalue weighted by atomic mass is 10.4. The zero-order valence-corrected chi connectivity index (χ0v) is 8.67. The number of hydrogen-bond donors (Lipinski definition) is 2. The van der Waals surface area contributed by atoms with Gasteiger partial charge in [0.25, 0.3) is 5.91 Å². The second-order valence-electron chi connectivity index (χ2n) is 2.79. The Morgan fingerprint density at radius 2 is 2.40 bits per heavy atom. The first-order valence-corrected chi connectivity index (χ1v) is 4.99. The van der Waals surface area contributed by atoms with Crippen LogP contribution >= 0.6 is 11.3 Å². The number of thiophene rings is 1. The lowest BCUT2D eigenvalue weighted by molar-refractivity contribution is 0.102. The summed E-state index contributed by atoms with van der Waals surface area (Å²) in [6.45, 7) is 1.64. The fourth-order valence-corrected chi connectivity index (χ4v) is 1.72. The first-order chi connectivity index (χ1) is 7.16. The van der Waals surface area contributed by atoms with Crippen LogP contribution in [0.15, 0.2) is 15.9 Å². The van der Waals surface area contributed by atoms with E-state index in [0.717, 1.165) is 0 Å². The molecule has 0 saturated carbocycles. The van der Waals surface area contributed by atoms with Crippen molar-refractivity contribution in [1.29, 1.82) is 0 Å². The van der Waals surface area contributed by atoms with Gasteiger partial charge in [-0.3, -0.25) is 10.1 Å². The first-order valence-electron chi connectivity index (χ1n) is 4.11. The van der Waals surface area contributed by atoms with Gasteiger partial charge < -0.3 is 10.2 Å². The van der Waals surface area contributed by atoms with Gasteiger partial charge in [-0.1, -0.05) is 5.10 Å². The van der Waals surface area contributed by atoms with Crippen LogP contribution in [0.3, 0.4) is 0 Å². The zero-order valence-electron chi connectivity index (χ0n) is 7.85. The number of nitrogens with two attached hydrogens (primary N) is 1. The minimum atomic E-state index is -0.342. The third-order valence-corrected chi connectivity index (χ3v) is 2.58. The SMILES string of the molecule is Cc1nnc(NC(=O)c2sccc2N)o1. The summed E-state index contributed by atoms with van der Waals surface area (Å²) in [4.78, 5) is 12.0. The highest BCUT2D eigenvalue weighted by atomic mass is 32.1. The van der Waals surface area contributed by atoms with Crippen LogP contribution in [-0.4, -0.2) is 16.1 Å². The fourth-order valence-electron chi connectivity index (χ4n) is 1.00. The molecule has 2 aromatic rings. The van der Waals surface area contributed by atoms with Gasteiger partial charge in [-0.2, -0.15) is 0 Å². The third kappa shape index (κ3) is 1.96. The minimum Gasteiger partial charge on any atom is -0.408 e. The largest absolute Gasteiger partial charge is 0.408 e. The van der Waals surface area contributed by atoms with Crippen molar-refractivity contribution in [2.75, 3.05) is 11.1 Å². The van der Waals surface area contributed by atoms with E-state index < -0.39 is 0 Å². The van der Waals surface area contributed by atoms with Crippen LogP contribution in [0.1, 0.15) is 15.6 Å². The van der Waals surface area contributed by atoms with Gasteiger partial charge in [0, 0.05) is 6.92 Å². The van der Waals surface area contributed by atoms with E-state index in [-0.39, 0.29) is 11.9 Å². The van der Waals surface area contributed by atoms with E-state index in [1.54, 1.807) is 18.4 Å². The van der Waals surface area contributed by atoms with Crippen LogP contribution in [0.25, 0.3) is 0 Å². The number of nitrogens with one attached hydrogen (secondary N) is 1. The molecule has 7 heteroatoms. The summed E-state index contributed by atoms with van der Waals surface area (Å²) < 4.78 is 5.00. The Morgan fingerprint density at radius 1 is 1.60 bits per heavy atom. The van der Waals surface area contributed by atoms with E-state index in [4.69, 9.17) is 10.2 Å². The molecule has 2 aromatic heterocycles. The lowest BCUT2D eigenvalue weighted by Gasteiger charge is -1.97. The van der Waals surface area contributed by atoms with E-state index in [1.165, 1.54) is 11.3 Å². The number of hydrogen-bond acceptors (Lipinski definition) is 6. The Bertz CT molecular complexity index is 490. The normalized spacial score (nSPS) is 10.2. The molecule has 2 rings (SSSR count). The molecule has 15 heavy (non-hydrogen) atoms. The number of aryl methyl sites for hydroxylation is 1. The van der Waals surface area contributed by atoms with Crippen molar-refractivity contribution in [3.63, 3.8) is 0 Å². The molecule has 0 fully saturated rings. The Balaban J connectivity index is 2.14. The molecule has 0 aliphatic heterocycles. The van der Waals surface area contributed by atoms with Crippen molar-refractivity contribution in [3.05, 3.63) is 22.2 Å². The number of nitrogen functional groups attached to an aromatic ring is 1. The number of amides is 1. The maximum Gasteiger partial charge on any atom is 0.322 e. The fraction of sp³-hybridized carbons (Fsp3) is 0.125. The molecular weight excluding hydrogens is 216 g/mol. The Morgan fingerprint density at radius 3 is 2.93 bits per heavy atom. The van der Waals surface area contributed by atoms with Crippen LogP contribution in [-0.2, 0) is 0 Å². The molecule has 0 aliphatic carbocycles. The van der Waals surface area contributed by atoms with E-state index in [1.807, 2.05) is 0 Å². The van der Waals surface area contributed by atoms with E-state index in [0.29, 0.717) is 16.5 Å². The Kier molecular flexibility index (Phi) is 2.38. The summed E-state index contributed by atoms with van der Waals surface area (Å²) in [6, 6.07) is 1.74. The molecule has 0 radical (unpaired) electrons. The molecule has 6 nitrogen and oxygen atoms in total. The molecule has 1 amide bonds. The summed E-state index contributed by atoms with van der Waals surface area (Å²) >= 11 is 1.26. The second kappa shape index (κ2) is 3.70. The van der Waals surface area contributed by atoms with Gasteiger partial charge in [0.1, 0.15) is 4.88 Å². The van der Waals surface area contributed by atoms with Gasteiger partial charge in [0.2, 0.25) is 5.89 Å². The molecule has 3 N–H and O–H groups in total. The van der Waals surface area contributed by atoms with Gasteiger partial charge in [-0.05, 0) is 11.4 Å². The van der Waals surface area contributed by atoms with E-state index >= 15 is 0 Å². The summed E-state index contributed by atoms with van der Waals surface area (Å²) in [5.41, 5.74) is 6.02. The molecular formula is C8H8N4O2S. The Labute approximate surface area is 89.1 Å².